The van der Waals surface area contributed by atoms with Gasteiger partial charge in [0.15, 0.2) is 0 Å². The van der Waals surface area contributed by atoms with Crippen molar-refractivity contribution >= 4 is 40.6 Å². The number of cyclic esters (lactones) is 2. The van der Waals surface area contributed by atoms with E-state index in [4.69, 9.17) is 9.47 Å². The molecule has 0 bridgehead atoms. The summed E-state index contributed by atoms with van der Waals surface area (Å²) in [5, 5.41) is 0. The number of hydrogen-bond acceptors (Lipinski definition) is 4. The van der Waals surface area contributed by atoms with Gasteiger partial charge in [-0.1, -0.05) is 6.07 Å². The van der Waals surface area contributed by atoms with Crippen molar-refractivity contribution in [2.75, 3.05) is 0 Å². The van der Waals surface area contributed by atoms with Crippen molar-refractivity contribution < 1.29 is 32.2 Å². The fourth-order valence-electron chi connectivity index (χ4n) is 1.85. The van der Waals surface area contributed by atoms with E-state index in [9.17, 15) is 22.8 Å². The number of hydrogen-bond donors (Lipinski definition) is 0. The van der Waals surface area contributed by atoms with Crippen molar-refractivity contribution in [2.45, 2.75) is 25.8 Å². The summed E-state index contributed by atoms with van der Waals surface area (Å²) < 4.78 is 49.1. The third kappa shape index (κ3) is 3.42. The van der Waals surface area contributed by atoms with E-state index in [2.05, 4.69) is 0 Å². The Kier molecular flexibility index (Phi) is 4.24. The van der Waals surface area contributed by atoms with Crippen LogP contribution in [0.4, 0.5) is 13.2 Å². The van der Waals surface area contributed by atoms with Crippen LogP contribution in [0.2, 0.25) is 0 Å². The van der Waals surface area contributed by atoms with E-state index >= 15 is 0 Å². The molecule has 22 heavy (non-hydrogen) atoms. The van der Waals surface area contributed by atoms with Gasteiger partial charge in [0.05, 0.1) is 5.56 Å². The standard InChI is InChI=1S/C14H10F3IO4/c1-13(2)21-11(19)8(12(20)22-13)6-7-9(14(15,16)17)4-3-5-10(7)18/h3-6H,1-2H3. The van der Waals surface area contributed by atoms with Crippen LogP contribution in [0.3, 0.4) is 0 Å². The van der Waals surface area contributed by atoms with Gasteiger partial charge in [0.25, 0.3) is 5.79 Å². The van der Waals surface area contributed by atoms with Gasteiger partial charge in [-0.15, -0.1) is 0 Å². The first-order valence-electron chi connectivity index (χ1n) is 6.05. The summed E-state index contributed by atoms with van der Waals surface area (Å²) >= 11 is 1.69. The second-order valence-electron chi connectivity index (χ2n) is 4.94. The first kappa shape index (κ1) is 16.8. The van der Waals surface area contributed by atoms with Crippen LogP contribution >= 0.6 is 22.6 Å². The molecule has 1 aromatic carbocycles. The molecule has 0 atom stereocenters. The van der Waals surface area contributed by atoms with Gasteiger partial charge < -0.3 is 9.47 Å². The molecule has 0 amide bonds. The molecule has 0 saturated carbocycles. The fraction of sp³-hybridized carbons (Fsp3) is 0.286. The number of carbonyl (C=O) groups is 2. The van der Waals surface area contributed by atoms with E-state index in [1.807, 2.05) is 0 Å². The highest BCUT2D eigenvalue weighted by atomic mass is 127. The summed E-state index contributed by atoms with van der Waals surface area (Å²) in [4.78, 5) is 23.6. The summed E-state index contributed by atoms with van der Waals surface area (Å²) in [5.41, 5.74) is -1.80. The summed E-state index contributed by atoms with van der Waals surface area (Å²) in [6.45, 7) is 2.71. The van der Waals surface area contributed by atoms with Gasteiger partial charge in [-0.25, -0.2) is 9.59 Å². The Morgan fingerprint density at radius 3 is 2.18 bits per heavy atom. The smallest absolute Gasteiger partial charge is 0.417 e. The molecule has 0 unspecified atom stereocenters. The molecule has 0 N–H and O–H groups in total. The molecule has 0 spiro atoms. The summed E-state index contributed by atoms with van der Waals surface area (Å²) in [6.07, 6.45) is -3.76. The Balaban J connectivity index is 2.55. The second kappa shape index (κ2) is 5.56. The van der Waals surface area contributed by atoms with Crippen molar-refractivity contribution in [3.8, 4) is 0 Å². The number of carbonyl (C=O) groups excluding carboxylic acids is 2. The average molecular weight is 426 g/mol. The fourth-order valence-corrected chi connectivity index (χ4v) is 2.51. The molecule has 1 fully saturated rings. The molecule has 1 aliphatic heterocycles. The van der Waals surface area contributed by atoms with Crippen LogP contribution in [-0.4, -0.2) is 17.7 Å². The Labute approximate surface area is 137 Å². The van der Waals surface area contributed by atoms with E-state index in [-0.39, 0.29) is 9.13 Å². The molecule has 118 valence electrons. The largest absolute Gasteiger partial charge is 0.419 e. The second-order valence-corrected chi connectivity index (χ2v) is 6.10. The molecule has 0 radical (unpaired) electrons. The Hall–Kier alpha value is -1.58. The molecule has 0 aromatic heterocycles. The third-order valence-corrected chi connectivity index (χ3v) is 3.70. The maximum absolute atomic E-state index is 13.0. The van der Waals surface area contributed by atoms with Gasteiger partial charge >= 0.3 is 18.1 Å². The molecular weight excluding hydrogens is 416 g/mol. The van der Waals surface area contributed by atoms with Crippen LogP contribution in [0.25, 0.3) is 6.08 Å². The predicted octanol–water partition coefficient (Wildman–Crippen LogP) is 3.53. The van der Waals surface area contributed by atoms with Crippen LogP contribution in [0, 0.1) is 3.57 Å². The zero-order valence-corrected chi connectivity index (χ0v) is 13.6. The molecule has 4 nitrogen and oxygen atoms in total. The first-order valence-corrected chi connectivity index (χ1v) is 7.13. The molecule has 0 aliphatic carbocycles. The lowest BCUT2D eigenvalue weighted by Gasteiger charge is -2.29. The molecule has 1 heterocycles. The minimum absolute atomic E-state index is 0.241. The molecule has 1 saturated heterocycles. The molecule has 8 heteroatoms. The number of esters is 2. The van der Waals surface area contributed by atoms with Gasteiger partial charge in [-0.2, -0.15) is 13.2 Å². The number of ether oxygens (including phenoxy) is 2. The third-order valence-electron chi connectivity index (χ3n) is 2.76. The van der Waals surface area contributed by atoms with E-state index in [0.29, 0.717) is 0 Å². The summed E-state index contributed by atoms with van der Waals surface area (Å²) in [7, 11) is 0. The van der Waals surface area contributed by atoms with Gasteiger partial charge in [0.2, 0.25) is 0 Å². The van der Waals surface area contributed by atoms with Gasteiger partial charge in [-0.3, -0.25) is 0 Å². The van der Waals surface area contributed by atoms with Gasteiger partial charge in [0.1, 0.15) is 5.57 Å². The SMILES string of the molecule is CC1(C)OC(=O)C(=Cc2c(I)cccc2C(F)(F)F)C(=O)O1. The quantitative estimate of drug-likeness (QED) is 0.299. The minimum atomic E-state index is -4.62. The van der Waals surface area contributed by atoms with Gasteiger partial charge in [-0.05, 0) is 40.8 Å². The Morgan fingerprint density at radius 1 is 1.14 bits per heavy atom. The minimum Gasteiger partial charge on any atom is -0.419 e. The maximum atomic E-state index is 13.0. The Morgan fingerprint density at radius 2 is 1.68 bits per heavy atom. The number of rotatable bonds is 1. The first-order chi connectivity index (χ1) is 10.0. The number of halogens is 4. The van der Waals surface area contributed by atoms with Crippen molar-refractivity contribution in [3.63, 3.8) is 0 Å². The topological polar surface area (TPSA) is 52.6 Å². The van der Waals surface area contributed by atoms with E-state index in [0.717, 1.165) is 12.1 Å². The van der Waals surface area contributed by atoms with Crippen LogP contribution in [-0.2, 0) is 25.2 Å². The molecule has 1 aromatic rings. The normalized spacial score (nSPS) is 17.8. The zero-order chi connectivity index (χ0) is 16.7. The lowest BCUT2D eigenvalue weighted by molar-refractivity contribution is -0.222. The summed E-state index contributed by atoms with van der Waals surface area (Å²) in [6, 6.07) is 3.55. The number of benzene rings is 1. The van der Waals surface area contributed by atoms with Crippen LogP contribution in [0.5, 0.6) is 0 Å². The molecule has 2 rings (SSSR count). The monoisotopic (exact) mass is 426 g/mol. The highest BCUT2D eigenvalue weighted by Gasteiger charge is 2.40. The average Bonchev–Trinajstić information content (AvgIpc) is 2.32. The van der Waals surface area contributed by atoms with Crippen molar-refractivity contribution in [2.24, 2.45) is 0 Å². The van der Waals surface area contributed by atoms with Crippen molar-refractivity contribution in [1.82, 2.24) is 0 Å². The van der Waals surface area contributed by atoms with Crippen LogP contribution in [0.15, 0.2) is 23.8 Å². The lowest BCUT2D eigenvalue weighted by atomic mass is 10.0. The molecule has 1 aliphatic rings. The lowest BCUT2D eigenvalue weighted by Crippen LogP contribution is -2.41. The van der Waals surface area contributed by atoms with E-state index in [1.165, 1.54) is 26.0 Å². The zero-order valence-electron chi connectivity index (χ0n) is 11.5. The van der Waals surface area contributed by atoms with Crippen molar-refractivity contribution in [1.29, 1.82) is 0 Å². The summed E-state index contributed by atoms with van der Waals surface area (Å²) in [5.74, 6) is -3.48. The molecular formula is C14H10F3IO4. The van der Waals surface area contributed by atoms with E-state index < -0.39 is 35.0 Å². The predicted molar refractivity (Wildman–Crippen MR) is 78.4 cm³/mol. The maximum Gasteiger partial charge on any atom is 0.417 e. The number of alkyl halides is 3. The highest BCUT2D eigenvalue weighted by molar-refractivity contribution is 14.1. The highest BCUT2D eigenvalue weighted by Crippen LogP contribution is 2.35. The van der Waals surface area contributed by atoms with Gasteiger partial charge in [0, 0.05) is 23.0 Å². The Bertz CT molecular complexity index is 655. The van der Waals surface area contributed by atoms with Crippen LogP contribution in [0.1, 0.15) is 25.0 Å². The van der Waals surface area contributed by atoms with Crippen LogP contribution < -0.4 is 0 Å². The van der Waals surface area contributed by atoms with Crippen molar-refractivity contribution in [3.05, 3.63) is 38.5 Å². The van der Waals surface area contributed by atoms with E-state index in [1.54, 1.807) is 22.6 Å².